The van der Waals surface area contributed by atoms with Gasteiger partial charge in [-0.3, -0.25) is 0 Å². The molecule has 276 valence electrons. The van der Waals surface area contributed by atoms with Crippen molar-refractivity contribution in [3.63, 3.8) is 0 Å². The van der Waals surface area contributed by atoms with E-state index in [1.165, 1.54) is 67.1 Å². The van der Waals surface area contributed by atoms with Gasteiger partial charge in [-0.05, 0) is 105 Å². The number of allylic oxidation sites excluding steroid dienone is 8. The Morgan fingerprint density at radius 2 is 0.673 bits per heavy atom. The predicted molar refractivity (Wildman–Crippen MR) is 231 cm³/mol. The summed E-state index contributed by atoms with van der Waals surface area (Å²) in [6.07, 6.45) is 0. The van der Waals surface area contributed by atoms with Crippen LogP contribution in [0.1, 0.15) is 157 Å². The molecule has 0 heterocycles. The molecule has 2 aliphatic rings. The first-order valence-electron chi connectivity index (χ1n) is 19.5. The molecule has 2 aliphatic carbocycles. The maximum atomic E-state index is 5.54. The zero-order chi connectivity index (χ0) is 38.2. The van der Waals surface area contributed by atoms with Crippen molar-refractivity contribution in [3.8, 4) is 0 Å². The van der Waals surface area contributed by atoms with Crippen molar-refractivity contribution < 1.29 is 37.7 Å². The molecule has 0 aliphatic heterocycles. The summed E-state index contributed by atoms with van der Waals surface area (Å²) >= 11 is 0. The first-order valence-corrected chi connectivity index (χ1v) is 25.4. The van der Waals surface area contributed by atoms with Crippen molar-refractivity contribution in [3.05, 3.63) is 112 Å². The Morgan fingerprint density at radius 3 is 0.846 bits per heavy atom. The molecule has 0 radical (unpaired) electrons. The Morgan fingerprint density at radius 1 is 0.442 bits per heavy atom. The summed E-state index contributed by atoms with van der Waals surface area (Å²) in [5, 5.41) is 3.24. The van der Waals surface area contributed by atoms with Crippen LogP contribution in [0.4, 0.5) is 11.4 Å². The molecule has 0 fully saturated rings. The zero-order valence-corrected chi connectivity index (χ0v) is 39.8. The molecular formula is C46H72Li2N2Si2. The fourth-order valence-corrected chi connectivity index (χ4v) is 15.3. The van der Waals surface area contributed by atoms with E-state index in [0.29, 0.717) is 35.5 Å². The van der Waals surface area contributed by atoms with Crippen LogP contribution in [0.2, 0.25) is 26.2 Å². The minimum Gasteiger partial charge on any atom is -0.683 e. The number of benzene rings is 2. The van der Waals surface area contributed by atoms with Gasteiger partial charge in [-0.2, -0.15) is 0 Å². The second kappa shape index (κ2) is 19.0. The Balaban J connectivity index is 0.000000501. The monoisotopic (exact) mass is 723 g/mol. The fourth-order valence-electron chi connectivity index (χ4n) is 8.67. The third-order valence-corrected chi connectivity index (χ3v) is 17.9. The fraction of sp³-hybridized carbons (Fsp3) is 0.565. The molecule has 2 unspecified atom stereocenters. The van der Waals surface area contributed by atoms with E-state index in [9.17, 15) is 0 Å². The van der Waals surface area contributed by atoms with Crippen molar-refractivity contribution in [2.24, 2.45) is 11.8 Å². The second-order valence-corrected chi connectivity index (χ2v) is 25.4. The summed E-state index contributed by atoms with van der Waals surface area (Å²) in [5.74, 6) is 3.08. The van der Waals surface area contributed by atoms with Crippen LogP contribution in [0, 0.1) is 11.8 Å². The smallest absolute Gasteiger partial charge is 0.683 e. The molecule has 0 spiro atoms. The van der Waals surface area contributed by atoms with Gasteiger partial charge in [0.2, 0.25) is 0 Å². The van der Waals surface area contributed by atoms with Gasteiger partial charge in [0.15, 0.2) is 0 Å². The Kier molecular flexibility index (Phi) is 17.8. The molecule has 0 aromatic heterocycles. The van der Waals surface area contributed by atoms with E-state index in [2.05, 4.69) is 173 Å². The molecule has 2 aromatic carbocycles. The van der Waals surface area contributed by atoms with E-state index in [-0.39, 0.29) is 37.7 Å². The van der Waals surface area contributed by atoms with Crippen LogP contribution in [-0.4, -0.2) is 16.5 Å². The third-order valence-electron chi connectivity index (χ3n) is 12.1. The van der Waals surface area contributed by atoms with Gasteiger partial charge in [0, 0.05) is 0 Å². The van der Waals surface area contributed by atoms with E-state index < -0.39 is 16.5 Å². The molecule has 0 N–H and O–H groups in total. The van der Waals surface area contributed by atoms with E-state index >= 15 is 0 Å². The summed E-state index contributed by atoms with van der Waals surface area (Å²) < 4.78 is 0. The maximum absolute atomic E-state index is 5.54. The number of nitrogens with zero attached hydrogens (tertiary/aromatic N) is 2. The number of rotatable bonds is 10. The van der Waals surface area contributed by atoms with Crippen LogP contribution in [0.5, 0.6) is 0 Å². The van der Waals surface area contributed by atoms with Crippen LogP contribution in [0.25, 0.3) is 9.96 Å². The average molecular weight is 723 g/mol. The molecule has 0 amide bonds. The van der Waals surface area contributed by atoms with Crippen molar-refractivity contribution >= 4 is 27.8 Å². The minimum atomic E-state index is -1.91. The predicted octanol–water partition coefficient (Wildman–Crippen LogP) is 9.98. The summed E-state index contributed by atoms with van der Waals surface area (Å²) in [6.45, 7) is 46.5. The number of hydrogen-bond acceptors (Lipinski definition) is 0. The van der Waals surface area contributed by atoms with Crippen LogP contribution in [-0.2, 0) is 0 Å². The normalized spacial score (nSPS) is 18.1. The molecule has 4 rings (SSSR count). The van der Waals surface area contributed by atoms with Crippen LogP contribution in [0.15, 0.2) is 80.2 Å². The van der Waals surface area contributed by atoms with Gasteiger partial charge in [0.25, 0.3) is 0 Å². The van der Waals surface area contributed by atoms with Crippen molar-refractivity contribution in [2.45, 2.75) is 161 Å². The summed E-state index contributed by atoms with van der Waals surface area (Å²) in [4.78, 5) is 11.1. The van der Waals surface area contributed by atoms with E-state index in [0.717, 1.165) is 0 Å². The summed E-state index contributed by atoms with van der Waals surface area (Å²) in [5.41, 5.74) is 17.2. The van der Waals surface area contributed by atoms with Gasteiger partial charge in [-0.1, -0.05) is 187 Å². The standard InChI is InChI=1S/2C23H36NSi.2Li/c2*1-14(2)20-12-11-13-21(15(3)4)22(20)24-25(9,10)23-18(7)16(5)17(6)19(23)8;;/h2*11-15,18H,1-10H3;;/q2*-1;2*+1. The first-order chi connectivity index (χ1) is 23.0. The second-order valence-electron chi connectivity index (χ2n) is 17.7. The van der Waals surface area contributed by atoms with Gasteiger partial charge >= 0.3 is 37.7 Å². The molecule has 2 atom stereocenters. The quantitative estimate of drug-likeness (QED) is 0.219. The maximum Gasteiger partial charge on any atom is 1.00 e. The van der Waals surface area contributed by atoms with Gasteiger partial charge < -0.3 is 9.96 Å². The van der Waals surface area contributed by atoms with Crippen molar-refractivity contribution in [2.75, 3.05) is 0 Å². The molecule has 2 nitrogen and oxygen atoms in total. The van der Waals surface area contributed by atoms with E-state index in [1.807, 2.05) is 0 Å². The SMILES string of the molecule is CC1=C(C)C(C)C([Si](C)(C)[N-]c2c(C(C)C)cccc2C(C)C)=C1C.CC1=C(C)C(C)C([Si](C)(C)[N-]c2c(C(C)C)cccc2C(C)C)=C1C.[Li+].[Li+]. The molecule has 0 saturated heterocycles. The summed E-state index contributed by atoms with van der Waals surface area (Å²) in [6, 6.07) is 13.5. The summed E-state index contributed by atoms with van der Waals surface area (Å²) in [7, 11) is -3.82. The first kappa shape index (κ1) is 48.6. The van der Waals surface area contributed by atoms with Gasteiger partial charge in [0.05, 0.1) is 0 Å². The molecule has 52 heavy (non-hydrogen) atoms. The molecule has 6 heteroatoms. The van der Waals surface area contributed by atoms with Gasteiger partial charge in [-0.25, -0.2) is 0 Å². The number of hydrogen-bond donors (Lipinski definition) is 0. The van der Waals surface area contributed by atoms with Crippen LogP contribution in [0.3, 0.4) is 0 Å². The molecular weight excluding hydrogens is 651 g/mol. The largest absolute Gasteiger partial charge is 1.00 e. The zero-order valence-electron chi connectivity index (χ0n) is 37.8. The van der Waals surface area contributed by atoms with Crippen molar-refractivity contribution in [1.29, 1.82) is 0 Å². The van der Waals surface area contributed by atoms with Crippen LogP contribution >= 0.6 is 0 Å². The van der Waals surface area contributed by atoms with Gasteiger partial charge in [-0.15, -0.1) is 11.4 Å². The Bertz CT molecular complexity index is 1520. The Hall–Kier alpha value is -1.37. The average Bonchev–Trinajstić information content (AvgIpc) is 3.34. The minimum absolute atomic E-state index is 0. The van der Waals surface area contributed by atoms with Gasteiger partial charge in [0.1, 0.15) is 0 Å². The van der Waals surface area contributed by atoms with E-state index in [1.54, 1.807) is 10.4 Å². The topological polar surface area (TPSA) is 28.2 Å². The molecule has 0 saturated carbocycles. The van der Waals surface area contributed by atoms with Crippen LogP contribution < -0.4 is 37.7 Å². The Labute approximate surface area is 348 Å². The molecule has 0 bridgehead atoms. The molecule has 2 aromatic rings. The van der Waals surface area contributed by atoms with E-state index in [4.69, 9.17) is 9.96 Å². The van der Waals surface area contributed by atoms with Crippen molar-refractivity contribution in [1.82, 2.24) is 0 Å². The third kappa shape index (κ3) is 10.1.